The number of hydrogen-bond donors (Lipinski definition) is 1. The van der Waals surface area contributed by atoms with Gasteiger partial charge in [0, 0.05) is 0 Å². The molecule has 96 valence electrons. The summed E-state index contributed by atoms with van der Waals surface area (Å²) in [5.74, 6) is -0.128. The molecule has 0 radical (unpaired) electrons. The quantitative estimate of drug-likeness (QED) is 0.809. The molecule has 3 rings (SSSR count). The molecule has 0 saturated carbocycles. The van der Waals surface area contributed by atoms with E-state index in [2.05, 4.69) is 19.9 Å². The minimum absolute atomic E-state index is 0.0370. The first-order valence-corrected chi connectivity index (χ1v) is 5.86. The molecule has 0 amide bonds. The van der Waals surface area contributed by atoms with Crippen LogP contribution >= 0.6 is 11.6 Å². The molecule has 1 N–H and O–H groups in total. The maximum Gasteiger partial charge on any atom is 0.182 e. The molecule has 0 saturated heterocycles. The van der Waals surface area contributed by atoms with Gasteiger partial charge in [0.2, 0.25) is 0 Å². The highest BCUT2D eigenvalue weighted by Gasteiger charge is 2.12. The summed E-state index contributed by atoms with van der Waals surface area (Å²) in [5, 5.41) is 0.405. The van der Waals surface area contributed by atoms with Crippen LogP contribution in [0.25, 0.3) is 11.2 Å². The topological polar surface area (TPSA) is 63.7 Å². The Morgan fingerprint density at radius 3 is 2.89 bits per heavy atom. The molecule has 2 aromatic heterocycles. The Bertz CT molecular complexity index is 557. The third kappa shape index (κ3) is 3.02. The Hall–Kier alpha value is -1.53. The minimum atomic E-state index is -0.128. The number of ether oxygens (including phenoxy) is 1. The lowest BCUT2D eigenvalue weighted by molar-refractivity contribution is 0.117. The van der Waals surface area contributed by atoms with Crippen LogP contribution in [0.4, 0.5) is 4.39 Å². The Labute approximate surface area is 108 Å². The first kappa shape index (κ1) is 12.9. The SMILES string of the molecule is CC[C@H]1C=C(F)CO1.Clc1ncnc2nc[nH]c12. The summed E-state index contributed by atoms with van der Waals surface area (Å²) in [4.78, 5) is 14.3. The maximum absolute atomic E-state index is 12.1. The van der Waals surface area contributed by atoms with Crippen LogP contribution in [0, 0.1) is 0 Å². The van der Waals surface area contributed by atoms with Gasteiger partial charge in [0.15, 0.2) is 10.8 Å². The average Bonchev–Trinajstić information content (AvgIpc) is 2.99. The van der Waals surface area contributed by atoms with Crippen molar-refractivity contribution in [3.8, 4) is 0 Å². The minimum Gasteiger partial charge on any atom is -0.367 e. The monoisotopic (exact) mass is 270 g/mol. The molecule has 1 aliphatic heterocycles. The second-order valence-electron chi connectivity index (χ2n) is 3.64. The van der Waals surface area contributed by atoms with Crippen molar-refractivity contribution in [3.05, 3.63) is 29.7 Å². The van der Waals surface area contributed by atoms with Gasteiger partial charge in [0.25, 0.3) is 0 Å². The van der Waals surface area contributed by atoms with E-state index in [1.165, 1.54) is 18.7 Å². The van der Waals surface area contributed by atoms with E-state index in [4.69, 9.17) is 16.3 Å². The number of aromatic nitrogens is 4. The maximum atomic E-state index is 12.1. The number of halogens is 2. The van der Waals surface area contributed by atoms with Crippen LogP contribution in [-0.2, 0) is 4.74 Å². The van der Waals surface area contributed by atoms with Gasteiger partial charge in [-0.25, -0.2) is 19.3 Å². The van der Waals surface area contributed by atoms with Gasteiger partial charge in [-0.3, -0.25) is 0 Å². The van der Waals surface area contributed by atoms with Gasteiger partial charge in [-0.15, -0.1) is 0 Å². The van der Waals surface area contributed by atoms with Crippen LogP contribution in [0.5, 0.6) is 0 Å². The highest BCUT2D eigenvalue weighted by molar-refractivity contribution is 6.33. The number of imidazole rings is 1. The number of fused-ring (bicyclic) bond motifs is 1. The van der Waals surface area contributed by atoms with Crippen molar-refractivity contribution in [2.45, 2.75) is 19.4 Å². The molecule has 1 atom stereocenters. The molecule has 3 heterocycles. The summed E-state index contributed by atoms with van der Waals surface area (Å²) in [6.45, 7) is 2.15. The fraction of sp³-hybridized carbons (Fsp3) is 0.364. The number of rotatable bonds is 1. The van der Waals surface area contributed by atoms with Crippen LogP contribution in [0.1, 0.15) is 13.3 Å². The van der Waals surface area contributed by atoms with Crippen molar-refractivity contribution < 1.29 is 9.13 Å². The van der Waals surface area contributed by atoms with Crippen molar-refractivity contribution in [3.63, 3.8) is 0 Å². The third-order valence-corrected chi connectivity index (χ3v) is 2.67. The molecule has 0 aliphatic carbocycles. The molecule has 0 spiro atoms. The van der Waals surface area contributed by atoms with E-state index in [9.17, 15) is 4.39 Å². The molecule has 0 fully saturated rings. The van der Waals surface area contributed by atoms with Crippen LogP contribution in [0.2, 0.25) is 5.15 Å². The fourth-order valence-corrected chi connectivity index (χ4v) is 1.64. The second-order valence-corrected chi connectivity index (χ2v) is 3.99. The lowest BCUT2D eigenvalue weighted by Gasteiger charge is -1.99. The lowest BCUT2D eigenvalue weighted by atomic mass is 10.3. The summed E-state index contributed by atoms with van der Waals surface area (Å²) >= 11 is 5.68. The zero-order valence-electron chi connectivity index (χ0n) is 9.73. The Kier molecular flexibility index (Phi) is 4.22. The Balaban J connectivity index is 0.000000138. The first-order chi connectivity index (χ1) is 8.70. The molecular formula is C11H12ClFN4O. The molecule has 7 heteroatoms. The largest absolute Gasteiger partial charge is 0.367 e. The molecule has 1 aliphatic rings. The van der Waals surface area contributed by atoms with Crippen LogP contribution in [0.15, 0.2) is 24.6 Å². The zero-order chi connectivity index (χ0) is 13.0. The number of H-pyrrole nitrogens is 1. The van der Waals surface area contributed by atoms with E-state index < -0.39 is 0 Å². The molecule has 0 unspecified atom stereocenters. The van der Waals surface area contributed by atoms with Gasteiger partial charge in [-0.05, 0) is 12.5 Å². The number of hydrogen-bond acceptors (Lipinski definition) is 4. The van der Waals surface area contributed by atoms with Gasteiger partial charge in [0.1, 0.15) is 17.7 Å². The summed E-state index contributed by atoms with van der Waals surface area (Å²) in [7, 11) is 0. The summed E-state index contributed by atoms with van der Waals surface area (Å²) in [5.41, 5.74) is 1.28. The normalized spacial score (nSPS) is 18.4. The summed E-state index contributed by atoms with van der Waals surface area (Å²) < 4.78 is 17.0. The highest BCUT2D eigenvalue weighted by atomic mass is 35.5. The average molecular weight is 271 g/mol. The van der Waals surface area contributed by atoms with E-state index in [-0.39, 0.29) is 18.5 Å². The van der Waals surface area contributed by atoms with E-state index >= 15 is 0 Å². The van der Waals surface area contributed by atoms with E-state index in [1.807, 2.05) is 6.92 Å². The Morgan fingerprint density at radius 1 is 1.50 bits per heavy atom. The number of nitrogens with zero attached hydrogens (tertiary/aromatic N) is 3. The standard InChI is InChI=1S/C6H9FO.C5H3ClN4/c1-2-6-3-5(7)4-8-6;6-4-3-5(9-1-7-3)10-2-8-4/h3,6H,2,4H2,1H3;1-2H,(H,7,8,9,10)/t6-;/m0./s1. The van der Waals surface area contributed by atoms with Crippen LogP contribution in [-0.4, -0.2) is 32.6 Å². The second kappa shape index (κ2) is 5.88. The zero-order valence-corrected chi connectivity index (χ0v) is 10.5. The molecule has 5 nitrogen and oxygen atoms in total. The lowest BCUT2D eigenvalue weighted by Crippen LogP contribution is -2.00. The first-order valence-electron chi connectivity index (χ1n) is 5.48. The molecule has 0 bridgehead atoms. The molecular weight excluding hydrogens is 259 g/mol. The van der Waals surface area contributed by atoms with Gasteiger partial charge in [-0.1, -0.05) is 18.5 Å². The predicted molar refractivity (Wildman–Crippen MR) is 65.9 cm³/mol. The molecule has 2 aromatic rings. The van der Waals surface area contributed by atoms with Crippen molar-refractivity contribution in [1.82, 2.24) is 19.9 Å². The van der Waals surface area contributed by atoms with Gasteiger partial charge < -0.3 is 9.72 Å². The van der Waals surface area contributed by atoms with Crippen molar-refractivity contribution in [1.29, 1.82) is 0 Å². The van der Waals surface area contributed by atoms with Crippen molar-refractivity contribution >= 4 is 22.8 Å². The van der Waals surface area contributed by atoms with E-state index in [1.54, 1.807) is 0 Å². The van der Waals surface area contributed by atoms with Crippen LogP contribution < -0.4 is 0 Å². The molecule has 0 aromatic carbocycles. The predicted octanol–water partition coefficient (Wildman–Crippen LogP) is 2.65. The van der Waals surface area contributed by atoms with Crippen molar-refractivity contribution in [2.24, 2.45) is 0 Å². The third-order valence-electron chi connectivity index (χ3n) is 2.38. The highest BCUT2D eigenvalue weighted by Crippen LogP contribution is 2.14. The smallest absolute Gasteiger partial charge is 0.182 e. The number of nitrogens with one attached hydrogen (secondary N) is 1. The van der Waals surface area contributed by atoms with E-state index in [0.717, 1.165) is 6.42 Å². The fourth-order valence-electron chi connectivity index (χ4n) is 1.46. The van der Waals surface area contributed by atoms with Crippen LogP contribution in [0.3, 0.4) is 0 Å². The van der Waals surface area contributed by atoms with Gasteiger partial charge >= 0.3 is 0 Å². The summed E-state index contributed by atoms with van der Waals surface area (Å²) in [6, 6.07) is 0. The number of aromatic amines is 1. The van der Waals surface area contributed by atoms with E-state index in [0.29, 0.717) is 16.3 Å². The molecule has 18 heavy (non-hydrogen) atoms. The Morgan fingerprint density at radius 2 is 2.33 bits per heavy atom. The van der Waals surface area contributed by atoms with Gasteiger partial charge in [0.05, 0.1) is 19.0 Å². The van der Waals surface area contributed by atoms with Crippen molar-refractivity contribution in [2.75, 3.05) is 6.61 Å². The summed E-state index contributed by atoms with van der Waals surface area (Å²) in [6.07, 6.45) is 5.35. The van der Waals surface area contributed by atoms with Gasteiger partial charge in [-0.2, -0.15) is 0 Å².